The Kier molecular flexibility index (Phi) is 8.08. The molecule has 0 spiro atoms. The van der Waals surface area contributed by atoms with Crippen LogP contribution < -0.4 is 10.6 Å². The lowest BCUT2D eigenvalue weighted by atomic mass is 9.90. The number of aliphatic imine (C=N–C) groups is 1. The Labute approximate surface area is 213 Å². The number of aromatic nitrogens is 2. The Morgan fingerprint density at radius 2 is 1.60 bits per heavy atom. The lowest BCUT2D eigenvalue weighted by Gasteiger charge is -2.34. The van der Waals surface area contributed by atoms with Crippen LogP contribution in [0.3, 0.4) is 0 Å². The number of piperidine rings is 1. The fraction of sp³-hybridized carbons (Fsp3) is 0.357. The normalized spacial score (nSPS) is 14.6. The first-order chi connectivity index (χ1) is 16.9. The molecule has 35 heavy (non-hydrogen) atoms. The Hall–Kier alpha value is -3.32. The first-order valence-corrected chi connectivity index (χ1v) is 12.6. The van der Waals surface area contributed by atoms with E-state index in [2.05, 4.69) is 81.8 Å². The van der Waals surface area contributed by atoms with Gasteiger partial charge in [-0.05, 0) is 100.0 Å². The third-order valence-electron chi connectivity index (χ3n) is 6.45. The van der Waals surface area contributed by atoms with Crippen molar-refractivity contribution in [1.29, 1.82) is 0 Å². The van der Waals surface area contributed by atoms with Gasteiger partial charge >= 0.3 is 0 Å². The first kappa shape index (κ1) is 24.8. The second-order valence-corrected chi connectivity index (χ2v) is 9.77. The molecule has 1 aliphatic heterocycles. The van der Waals surface area contributed by atoms with E-state index in [9.17, 15) is 0 Å². The molecule has 182 valence electrons. The largest absolute Gasteiger partial charge is 0.342 e. The summed E-state index contributed by atoms with van der Waals surface area (Å²) in [4.78, 5) is 16.2. The molecule has 6 nitrogen and oxygen atoms in total. The van der Waals surface area contributed by atoms with Crippen LogP contribution in [0.4, 0.5) is 11.6 Å². The van der Waals surface area contributed by atoms with Gasteiger partial charge in [-0.3, -0.25) is 5.32 Å². The van der Waals surface area contributed by atoms with Crippen LogP contribution in [0, 0.1) is 33.6 Å². The van der Waals surface area contributed by atoms with E-state index in [0.29, 0.717) is 22.9 Å². The number of benzene rings is 2. The number of thiocarbonyl (C=S) groups is 1. The molecule has 0 saturated carbocycles. The van der Waals surface area contributed by atoms with Crippen molar-refractivity contribution in [3.8, 4) is 0 Å². The van der Waals surface area contributed by atoms with Gasteiger partial charge in [0.05, 0.1) is 0 Å². The molecule has 1 saturated heterocycles. The molecule has 3 aromatic rings. The molecule has 1 aliphatic rings. The number of nitrogens with zero attached hydrogens (tertiary/aromatic N) is 4. The second kappa shape index (κ2) is 11.4. The molecule has 0 unspecified atom stereocenters. The lowest BCUT2D eigenvalue weighted by Crippen LogP contribution is -2.43. The minimum atomic E-state index is 0.409. The van der Waals surface area contributed by atoms with Gasteiger partial charge in [0.2, 0.25) is 17.0 Å². The first-order valence-electron chi connectivity index (χ1n) is 12.2. The van der Waals surface area contributed by atoms with Crippen LogP contribution in [0.15, 0.2) is 59.6 Å². The Bertz CT molecular complexity index is 1180. The predicted octanol–water partition coefficient (Wildman–Crippen LogP) is 5.83. The zero-order valence-corrected chi connectivity index (χ0v) is 21.8. The van der Waals surface area contributed by atoms with E-state index in [4.69, 9.17) is 17.2 Å². The molecule has 1 aromatic heterocycles. The topological polar surface area (TPSA) is 65.4 Å². The average Bonchev–Trinajstić information content (AvgIpc) is 2.82. The van der Waals surface area contributed by atoms with E-state index in [1.54, 1.807) is 0 Å². The van der Waals surface area contributed by atoms with Crippen molar-refractivity contribution in [3.05, 3.63) is 82.7 Å². The number of nitrogens with one attached hydrogen (secondary N) is 2. The summed E-state index contributed by atoms with van der Waals surface area (Å²) in [6.07, 6.45) is 3.31. The van der Waals surface area contributed by atoms with Crippen molar-refractivity contribution in [2.45, 2.75) is 47.0 Å². The summed E-state index contributed by atoms with van der Waals surface area (Å²) in [7, 11) is 0. The quantitative estimate of drug-likeness (QED) is 0.275. The molecular formula is C28H34N6S. The summed E-state index contributed by atoms with van der Waals surface area (Å²) in [5.41, 5.74) is 6.63. The maximum absolute atomic E-state index is 5.63. The van der Waals surface area contributed by atoms with Crippen molar-refractivity contribution in [3.63, 3.8) is 0 Å². The summed E-state index contributed by atoms with van der Waals surface area (Å²) in [6.45, 7) is 9.94. The van der Waals surface area contributed by atoms with Crippen molar-refractivity contribution >= 4 is 34.9 Å². The second-order valence-electron chi connectivity index (χ2n) is 9.38. The zero-order chi connectivity index (χ0) is 24.8. The molecule has 7 heteroatoms. The van der Waals surface area contributed by atoms with Crippen LogP contribution >= 0.6 is 12.2 Å². The summed E-state index contributed by atoms with van der Waals surface area (Å²) >= 11 is 5.63. The lowest BCUT2D eigenvalue weighted by molar-refractivity contribution is 0.265. The van der Waals surface area contributed by atoms with E-state index in [1.807, 2.05) is 26.0 Å². The van der Waals surface area contributed by atoms with Gasteiger partial charge in [-0.25, -0.2) is 9.97 Å². The summed E-state index contributed by atoms with van der Waals surface area (Å²) in [6, 6.07) is 18.9. The fourth-order valence-corrected chi connectivity index (χ4v) is 4.63. The highest BCUT2D eigenvalue weighted by molar-refractivity contribution is 7.80. The van der Waals surface area contributed by atoms with Gasteiger partial charge < -0.3 is 10.2 Å². The third-order valence-corrected chi connectivity index (χ3v) is 6.65. The Balaban J connectivity index is 1.49. The minimum absolute atomic E-state index is 0.409. The smallest absolute Gasteiger partial charge is 0.229 e. The van der Waals surface area contributed by atoms with Crippen molar-refractivity contribution in [1.82, 2.24) is 14.9 Å². The predicted molar refractivity (Wildman–Crippen MR) is 149 cm³/mol. The molecule has 0 amide bonds. The maximum atomic E-state index is 5.63. The van der Waals surface area contributed by atoms with E-state index in [-0.39, 0.29) is 0 Å². The Morgan fingerprint density at radius 3 is 2.26 bits per heavy atom. The SMILES string of the molecule is Cc1cc(C)nc(N/C(=N/C(=S)Nc2ccc(C)c(C)c2)N2CCC(Cc3ccccc3)CC2)n1. The van der Waals surface area contributed by atoms with Gasteiger partial charge in [-0.2, -0.15) is 4.99 Å². The van der Waals surface area contributed by atoms with Gasteiger partial charge in [-0.1, -0.05) is 36.4 Å². The van der Waals surface area contributed by atoms with Crippen LogP contribution in [-0.2, 0) is 6.42 Å². The number of hydrogen-bond acceptors (Lipinski definition) is 3. The zero-order valence-electron chi connectivity index (χ0n) is 21.0. The highest BCUT2D eigenvalue weighted by Gasteiger charge is 2.23. The number of hydrogen-bond donors (Lipinski definition) is 2. The van der Waals surface area contributed by atoms with Gasteiger partial charge in [0.15, 0.2) is 0 Å². The number of likely N-dealkylation sites (tertiary alicyclic amines) is 1. The van der Waals surface area contributed by atoms with Crippen molar-refractivity contribution in [2.24, 2.45) is 10.9 Å². The van der Waals surface area contributed by atoms with E-state index in [0.717, 1.165) is 49.4 Å². The molecule has 4 rings (SSSR count). The van der Waals surface area contributed by atoms with Crippen LogP contribution in [0.25, 0.3) is 0 Å². The number of guanidine groups is 1. The van der Waals surface area contributed by atoms with Crippen LogP contribution in [0.1, 0.15) is 40.9 Å². The monoisotopic (exact) mass is 486 g/mol. The fourth-order valence-electron chi connectivity index (χ4n) is 4.42. The van der Waals surface area contributed by atoms with Gasteiger partial charge in [0.1, 0.15) is 0 Å². The molecule has 2 N–H and O–H groups in total. The molecule has 1 fully saturated rings. The molecule has 0 atom stereocenters. The van der Waals surface area contributed by atoms with Crippen molar-refractivity contribution < 1.29 is 0 Å². The van der Waals surface area contributed by atoms with Crippen LogP contribution in [0.2, 0.25) is 0 Å². The van der Waals surface area contributed by atoms with E-state index < -0.39 is 0 Å². The summed E-state index contributed by atoms with van der Waals surface area (Å²) < 4.78 is 0. The highest BCUT2D eigenvalue weighted by atomic mass is 32.1. The van der Waals surface area contributed by atoms with Gasteiger partial charge in [0.25, 0.3) is 0 Å². The molecule has 0 aliphatic carbocycles. The van der Waals surface area contributed by atoms with Crippen molar-refractivity contribution in [2.75, 3.05) is 23.7 Å². The number of rotatable bonds is 4. The summed E-state index contributed by atoms with van der Waals surface area (Å²) in [5.74, 6) is 1.89. The molecular weight excluding hydrogens is 452 g/mol. The highest BCUT2D eigenvalue weighted by Crippen LogP contribution is 2.22. The average molecular weight is 487 g/mol. The van der Waals surface area contributed by atoms with E-state index >= 15 is 0 Å². The minimum Gasteiger partial charge on any atom is -0.342 e. The molecule has 2 aromatic carbocycles. The van der Waals surface area contributed by atoms with E-state index in [1.165, 1.54) is 16.7 Å². The molecule has 2 heterocycles. The maximum Gasteiger partial charge on any atom is 0.229 e. The van der Waals surface area contributed by atoms with Crippen LogP contribution in [-0.4, -0.2) is 39.0 Å². The summed E-state index contributed by atoms with van der Waals surface area (Å²) in [5, 5.41) is 7.03. The standard InChI is InChI=1S/C28H34N6S/c1-19-10-11-25(16-20(19)2)31-28(35)33-27(32-26-29-21(3)17-22(4)30-26)34-14-12-24(13-15-34)18-23-8-6-5-7-9-23/h5-11,16-17,24H,12-15,18H2,1-4H3,(H2,29,30,31,32,33,35). The van der Waals surface area contributed by atoms with Gasteiger partial charge in [-0.15, -0.1) is 0 Å². The molecule has 0 radical (unpaired) electrons. The van der Waals surface area contributed by atoms with Crippen LogP contribution in [0.5, 0.6) is 0 Å². The molecule has 0 bridgehead atoms. The number of aryl methyl sites for hydroxylation is 4. The third kappa shape index (κ3) is 7.09. The Morgan fingerprint density at radius 1 is 0.914 bits per heavy atom. The number of anilines is 2. The van der Waals surface area contributed by atoms with Gasteiger partial charge in [0, 0.05) is 30.2 Å².